The Kier molecular flexibility index (Phi) is 5.20. The third-order valence-corrected chi connectivity index (χ3v) is 5.12. The summed E-state index contributed by atoms with van der Waals surface area (Å²) >= 11 is 0. The number of amides is 2. The summed E-state index contributed by atoms with van der Waals surface area (Å²) in [5.41, 5.74) is 1.73. The summed E-state index contributed by atoms with van der Waals surface area (Å²) in [6.45, 7) is 2.50. The molecule has 7 heteroatoms. The van der Waals surface area contributed by atoms with Crippen LogP contribution < -0.4 is 5.32 Å². The highest BCUT2D eigenvalue weighted by Gasteiger charge is 2.34. The van der Waals surface area contributed by atoms with Gasteiger partial charge in [-0.1, -0.05) is 30.3 Å². The van der Waals surface area contributed by atoms with E-state index in [9.17, 15) is 9.59 Å². The number of rotatable bonds is 6. The quantitative estimate of drug-likeness (QED) is 0.847. The molecule has 4 rings (SSSR count). The second-order valence-electron chi connectivity index (χ2n) is 7.24. The summed E-state index contributed by atoms with van der Waals surface area (Å²) in [5, 5.41) is 7.18. The SMILES string of the molecule is O=C(Nc1cnn(CC2CCCO2)c1)C1CC(=O)N(Cc2ccccc2)C1. The van der Waals surface area contributed by atoms with Crippen LogP contribution in [0.4, 0.5) is 5.69 Å². The van der Waals surface area contributed by atoms with Crippen LogP contribution in [0.15, 0.2) is 42.7 Å². The molecule has 0 bridgehead atoms. The molecule has 7 nitrogen and oxygen atoms in total. The maximum atomic E-state index is 12.6. The number of hydrogen-bond donors (Lipinski definition) is 1. The summed E-state index contributed by atoms with van der Waals surface area (Å²) in [7, 11) is 0. The zero-order valence-corrected chi connectivity index (χ0v) is 15.2. The Morgan fingerprint density at radius 1 is 1.30 bits per heavy atom. The molecule has 2 saturated heterocycles. The number of ether oxygens (including phenoxy) is 1. The lowest BCUT2D eigenvalue weighted by Gasteiger charge is -2.16. The molecule has 2 unspecified atom stereocenters. The van der Waals surface area contributed by atoms with Gasteiger partial charge in [-0.05, 0) is 18.4 Å². The van der Waals surface area contributed by atoms with Crippen LogP contribution in [0.1, 0.15) is 24.8 Å². The second kappa shape index (κ2) is 7.92. The molecule has 2 aromatic rings. The summed E-state index contributed by atoms with van der Waals surface area (Å²) < 4.78 is 7.41. The van der Waals surface area contributed by atoms with E-state index in [4.69, 9.17) is 4.74 Å². The largest absolute Gasteiger partial charge is 0.376 e. The Labute approximate surface area is 158 Å². The van der Waals surface area contributed by atoms with E-state index < -0.39 is 0 Å². The van der Waals surface area contributed by atoms with E-state index >= 15 is 0 Å². The lowest BCUT2D eigenvalue weighted by molar-refractivity contribution is -0.128. The normalized spacial score (nSPS) is 22.4. The van der Waals surface area contributed by atoms with Crippen LogP contribution in [0.25, 0.3) is 0 Å². The predicted octanol–water partition coefficient (Wildman–Crippen LogP) is 2.05. The van der Waals surface area contributed by atoms with Crippen LogP contribution in [-0.4, -0.2) is 45.8 Å². The zero-order chi connectivity index (χ0) is 18.6. The zero-order valence-electron chi connectivity index (χ0n) is 15.2. The molecule has 0 saturated carbocycles. The lowest BCUT2D eigenvalue weighted by Crippen LogP contribution is -2.28. The Bertz CT molecular complexity index is 799. The first-order chi connectivity index (χ1) is 13.2. The molecule has 2 fully saturated rings. The first-order valence-corrected chi connectivity index (χ1v) is 9.44. The Morgan fingerprint density at radius 3 is 2.93 bits per heavy atom. The van der Waals surface area contributed by atoms with Crippen LogP contribution in [0.5, 0.6) is 0 Å². The van der Waals surface area contributed by atoms with Gasteiger partial charge in [0, 0.05) is 32.3 Å². The second-order valence-corrected chi connectivity index (χ2v) is 7.24. The number of nitrogens with one attached hydrogen (secondary N) is 1. The molecule has 2 amide bonds. The van der Waals surface area contributed by atoms with E-state index in [1.165, 1.54) is 0 Å². The monoisotopic (exact) mass is 368 g/mol. The fraction of sp³-hybridized carbons (Fsp3) is 0.450. The molecule has 3 heterocycles. The maximum absolute atomic E-state index is 12.6. The van der Waals surface area contributed by atoms with Gasteiger partial charge in [0.05, 0.1) is 30.5 Å². The number of likely N-dealkylation sites (tertiary alicyclic amines) is 1. The highest BCUT2D eigenvalue weighted by Crippen LogP contribution is 2.22. The number of carbonyl (C=O) groups is 2. The van der Waals surface area contributed by atoms with Gasteiger partial charge in [-0.15, -0.1) is 0 Å². The minimum atomic E-state index is -0.331. The summed E-state index contributed by atoms with van der Waals surface area (Å²) in [6, 6.07) is 9.83. The predicted molar refractivity (Wildman–Crippen MR) is 99.8 cm³/mol. The highest BCUT2D eigenvalue weighted by molar-refractivity contribution is 5.97. The number of aromatic nitrogens is 2. The van der Waals surface area contributed by atoms with Crippen molar-refractivity contribution >= 4 is 17.5 Å². The van der Waals surface area contributed by atoms with Crippen molar-refractivity contribution in [1.29, 1.82) is 0 Å². The van der Waals surface area contributed by atoms with Crippen LogP contribution in [-0.2, 0) is 27.4 Å². The van der Waals surface area contributed by atoms with Gasteiger partial charge < -0.3 is 15.0 Å². The van der Waals surface area contributed by atoms with Gasteiger partial charge in [0.25, 0.3) is 0 Å². The number of carbonyl (C=O) groups excluding carboxylic acids is 2. The smallest absolute Gasteiger partial charge is 0.229 e. The summed E-state index contributed by atoms with van der Waals surface area (Å²) in [5.74, 6) is -0.439. The molecule has 1 N–H and O–H groups in total. The first-order valence-electron chi connectivity index (χ1n) is 9.44. The van der Waals surface area contributed by atoms with E-state index in [2.05, 4.69) is 10.4 Å². The fourth-order valence-corrected chi connectivity index (χ4v) is 3.67. The molecule has 1 aromatic heterocycles. The van der Waals surface area contributed by atoms with E-state index in [0.717, 1.165) is 25.0 Å². The van der Waals surface area contributed by atoms with Gasteiger partial charge in [0.2, 0.25) is 11.8 Å². The van der Waals surface area contributed by atoms with Crippen LogP contribution in [0.3, 0.4) is 0 Å². The van der Waals surface area contributed by atoms with Gasteiger partial charge in [-0.2, -0.15) is 5.10 Å². The van der Waals surface area contributed by atoms with Gasteiger partial charge in [-0.3, -0.25) is 14.3 Å². The lowest BCUT2D eigenvalue weighted by atomic mass is 10.1. The molecule has 2 atom stereocenters. The topological polar surface area (TPSA) is 76.5 Å². The third kappa shape index (κ3) is 4.36. The van der Waals surface area contributed by atoms with Crippen LogP contribution >= 0.6 is 0 Å². The van der Waals surface area contributed by atoms with Crippen LogP contribution in [0, 0.1) is 5.92 Å². The molecule has 0 aliphatic carbocycles. The fourth-order valence-electron chi connectivity index (χ4n) is 3.67. The molecular weight excluding hydrogens is 344 g/mol. The molecule has 0 spiro atoms. The van der Waals surface area contributed by atoms with Crippen molar-refractivity contribution < 1.29 is 14.3 Å². The van der Waals surface area contributed by atoms with Gasteiger partial charge in [0.15, 0.2) is 0 Å². The van der Waals surface area contributed by atoms with E-state index in [-0.39, 0.29) is 30.3 Å². The third-order valence-electron chi connectivity index (χ3n) is 5.12. The number of benzene rings is 1. The minimum Gasteiger partial charge on any atom is -0.376 e. The van der Waals surface area contributed by atoms with Crippen molar-refractivity contribution in [2.75, 3.05) is 18.5 Å². The molecule has 142 valence electrons. The number of nitrogens with zero attached hydrogens (tertiary/aromatic N) is 3. The Morgan fingerprint density at radius 2 is 2.15 bits per heavy atom. The highest BCUT2D eigenvalue weighted by atomic mass is 16.5. The number of hydrogen-bond acceptors (Lipinski definition) is 4. The summed E-state index contributed by atoms with van der Waals surface area (Å²) in [4.78, 5) is 26.6. The standard InChI is InChI=1S/C20H24N4O3/c25-19-9-16(12-23(19)11-15-5-2-1-3-6-15)20(26)22-17-10-21-24(13-17)14-18-7-4-8-27-18/h1-3,5-6,10,13,16,18H,4,7-9,11-12,14H2,(H,22,26). The molecule has 27 heavy (non-hydrogen) atoms. The number of anilines is 1. The molecular formula is C20H24N4O3. The van der Waals surface area contributed by atoms with Crippen molar-refractivity contribution in [3.63, 3.8) is 0 Å². The Balaban J connectivity index is 1.31. The van der Waals surface area contributed by atoms with Gasteiger partial charge >= 0.3 is 0 Å². The molecule has 1 aromatic carbocycles. The maximum Gasteiger partial charge on any atom is 0.229 e. The van der Waals surface area contributed by atoms with Crippen molar-refractivity contribution in [3.8, 4) is 0 Å². The molecule has 2 aliphatic rings. The van der Waals surface area contributed by atoms with Gasteiger partial charge in [-0.25, -0.2) is 0 Å². The average Bonchev–Trinajstić information content (AvgIpc) is 3.40. The van der Waals surface area contributed by atoms with Crippen molar-refractivity contribution in [2.45, 2.75) is 38.5 Å². The first kappa shape index (κ1) is 17.7. The van der Waals surface area contributed by atoms with Crippen molar-refractivity contribution in [1.82, 2.24) is 14.7 Å². The van der Waals surface area contributed by atoms with E-state index in [1.807, 2.05) is 36.5 Å². The van der Waals surface area contributed by atoms with Crippen LogP contribution in [0.2, 0.25) is 0 Å². The van der Waals surface area contributed by atoms with E-state index in [0.29, 0.717) is 25.3 Å². The minimum absolute atomic E-state index is 0.0214. The molecule has 2 aliphatic heterocycles. The van der Waals surface area contributed by atoms with Gasteiger partial charge in [0.1, 0.15) is 0 Å². The summed E-state index contributed by atoms with van der Waals surface area (Å²) in [6.07, 6.45) is 6.05. The van der Waals surface area contributed by atoms with E-state index in [1.54, 1.807) is 15.8 Å². The van der Waals surface area contributed by atoms with Crippen molar-refractivity contribution in [2.24, 2.45) is 5.92 Å². The molecule has 0 radical (unpaired) electrons. The average molecular weight is 368 g/mol. The van der Waals surface area contributed by atoms with Crippen molar-refractivity contribution in [3.05, 3.63) is 48.3 Å². The Hall–Kier alpha value is -2.67.